The van der Waals surface area contributed by atoms with Crippen molar-refractivity contribution in [2.24, 2.45) is 5.10 Å². The fourth-order valence-electron chi connectivity index (χ4n) is 3.32. The Labute approximate surface area is 225 Å². The van der Waals surface area contributed by atoms with Crippen molar-refractivity contribution in [2.45, 2.75) is 46.1 Å². The van der Waals surface area contributed by atoms with Gasteiger partial charge in [0.15, 0.2) is 17.6 Å². The van der Waals surface area contributed by atoms with Gasteiger partial charge in [-0.15, -0.1) is 0 Å². The van der Waals surface area contributed by atoms with Gasteiger partial charge in [-0.3, -0.25) is 4.79 Å². The minimum atomic E-state index is -0.795. The van der Waals surface area contributed by atoms with Crippen LogP contribution >= 0.6 is 38.5 Å². The maximum Gasteiger partial charge on any atom is 0.347 e. The SMILES string of the molecule is CCOC(=O)[C@@H](C)Oc1c(I)cc(C=Nn2c([C@@H](C)CC)nc3ccc(Br)cc3c2=O)cc1OC. The van der Waals surface area contributed by atoms with E-state index in [0.29, 0.717) is 33.8 Å². The quantitative estimate of drug-likeness (QED) is 0.172. The number of aromatic nitrogens is 2. The first-order chi connectivity index (χ1) is 16.7. The molecule has 0 aliphatic carbocycles. The van der Waals surface area contributed by atoms with Gasteiger partial charge in [0.1, 0.15) is 5.82 Å². The molecule has 0 N–H and O–H groups in total. The summed E-state index contributed by atoms with van der Waals surface area (Å²) in [5, 5.41) is 4.99. The lowest BCUT2D eigenvalue weighted by Gasteiger charge is -2.17. The van der Waals surface area contributed by atoms with Crippen LogP contribution in [0.15, 0.2) is 44.7 Å². The van der Waals surface area contributed by atoms with E-state index in [1.54, 1.807) is 32.2 Å². The van der Waals surface area contributed by atoms with Crippen LogP contribution in [0.3, 0.4) is 0 Å². The molecule has 3 rings (SSSR count). The van der Waals surface area contributed by atoms with Crippen molar-refractivity contribution in [3.05, 3.63) is 60.1 Å². The maximum atomic E-state index is 13.3. The normalized spacial score (nSPS) is 13.1. The van der Waals surface area contributed by atoms with Crippen molar-refractivity contribution in [3.8, 4) is 11.5 Å². The van der Waals surface area contributed by atoms with Crippen LogP contribution in [-0.2, 0) is 9.53 Å². The topological polar surface area (TPSA) is 92.0 Å². The van der Waals surface area contributed by atoms with Gasteiger partial charge in [0.05, 0.1) is 34.4 Å². The van der Waals surface area contributed by atoms with Crippen molar-refractivity contribution in [1.29, 1.82) is 0 Å². The molecule has 35 heavy (non-hydrogen) atoms. The number of rotatable bonds is 9. The van der Waals surface area contributed by atoms with Crippen LogP contribution in [0, 0.1) is 3.57 Å². The van der Waals surface area contributed by atoms with Crippen molar-refractivity contribution in [2.75, 3.05) is 13.7 Å². The average Bonchev–Trinajstić information content (AvgIpc) is 2.84. The van der Waals surface area contributed by atoms with Crippen molar-refractivity contribution < 1.29 is 19.0 Å². The summed E-state index contributed by atoms with van der Waals surface area (Å²) in [6.07, 6.45) is 1.60. The number of hydrogen-bond donors (Lipinski definition) is 0. The number of esters is 1. The van der Waals surface area contributed by atoms with Gasteiger partial charge in [0, 0.05) is 10.4 Å². The molecule has 0 saturated heterocycles. The number of halogens is 2. The second-order valence-electron chi connectivity index (χ2n) is 7.85. The van der Waals surface area contributed by atoms with Crippen molar-refractivity contribution >= 4 is 61.6 Å². The molecule has 0 unspecified atom stereocenters. The summed E-state index contributed by atoms with van der Waals surface area (Å²) in [5.41, 5.74) is 1.08. The zero-order valence-electron chi connectivity index (χ0n) is 20.2. The number of benzene rings is 2. The Morgan fingerprint density at radius 2 is 2.00 bits per heavy atom. The summed E-state index contributed by atoms with van der Waals surface area (Å²) < 4.78 is 19.2. The Morgan fingerprint density at radius 3 is 2.66 bits per heavy atom. The van der Waals surface area contributed by atoms with Gasteiger partial charge in [-0.05, 0) is 78.8 Å². The number of carbonyl (C=O) groups is 1. The molecule has 8 nitrogen and oxygen atoms in total. The van der Waals surface area contributed by atoms with E-state index in [-0.39, 0.29) is 18.1 Å². The van der Waals surface area contributed by atoms with E-state index in [2.05, 4.69) is 43.6 Å². The molecule has 0 aliphatic rings. The van der Waals surface area contributed by atoms with E-state index < -0.39 is 12.1 Å². The summed E-state index contributed by atoms with van der Waals surface area (Å²) in [4.78, 5) is 30.0. The molecule has 1 heterocycles. The van der Waals surface area contributed by atoms with Crippen LogP contribution in [0.2, 0.25) is 0 Å². The Morgan fingerprint density at radius 1 is 1.26 bits per heavy atom. The van der Waals surface area contributed by atoms with Gasteiger partial charge >= 0.3 is 5.97 Å². The molecule has 10 heteroatoms. The summed E-state index contributed by atoms with van der Waals surface area (Å²) in [7, 11) is 1.52. The third-order valence-corrected chi connectivity index (χ3v) is 6.67. The van der Waals surface area contributed by atoms with Crippen molar-refractivity contribution in [3.63, 3.8) is 0 Å². The Balaban J connectivity index is 2.04. The molecule has 2 aromatic carbocycles. The second kappa shape index (κ2) is 12.0. The standard InChI is InChI=1S/C25H27BrIN3O5/c1-6-14(3)23-29-20-9-8-17(26)12-18(20)24(31)30(23)28-13-16-10-19(27)22(21(11-16)33-5)35-15(4)25(32)34-7-2/h8-15H,6-7H2,1-5H3/t14-,15+/m0/s1. The molecule has 0 spiro atoms. The molecule has 0 saturated carbocycles. The Kier molecular flexibility index (Phi) is 9.28. The maximum absolute atomic E-state index is 13.3. The predicted molar refractivity (Wildman–Crippen MR) is 148 cm³/mol. The fourth-order valence-corrected chi connectivity index (χ4v) is 4.43. The molecular weight excluding hydrogens is 629 g/mol. The lowest BCUT2D eigenvalue weighted by atomic mass is 10.1. The minimum absolute atomic E-state index is 0.0303. The van der Waals surface area contributed by atoms with Gasteiger partial charge in [-0.1, -0.05) is 29.8 Å². The lowest BCUT2D eigenvalue weighted by molar-refractivity contribution is -0.150. The minimum Gasteiger partial charge on any atom is -0.493 e. The number of nitrogens with zero attached hydrogens (tertiary/aromatic N) is 3. The average molecular weight is 656 g/mol. The Hall–Kier alpha value is -2.47. The van der Waals surface area contributed by atoms with Gasteiger partial charge in [0.2, 0.25) is 0 Å². The predicted octanol–water partition coefficient (Wildman–Crippen LogP) is 5.50. The third-order valence-electron chi connectivity index (χ3n) is 5.37. The van der Waals surface area contributed by atoms with Crippen LogP contribution in [0.4, 0.5) is 0 Å². The molecule has 0 fully saturated rings. The van der Waals surface area contributed by atoms with E-state index in [9.17, 15) is 9.59 Å². The number of methoxy groups -OCH3 is 1. The highest BCUT2D eigenvalue weighted by Gasteiger charge is 2.21. The molecule has 186 valence electrons. The first kappa shape index (κ1) is 27.1. The first-order valence-electron chi connectivity index (χ1n) is 11.2. The number of fused-ring (bicyclic) bond motifs is 1. The highest BCUT2D eigenvalue weighted by atomic mass is 127. The van der Waals surface area contributed by atoms with E-state index in [0.717, 1.165) is 14.5 Å². The van der Waals surface area contributed by atoms with E-state index in [1.807, 2.05) is 32.0 Å². The Bertz CT molecular complexity index is 1320. The van der Waals surface area contributed by atoms with Gasteiger partial charge in [0.25, 0.3) is 5.56 Å². The van der Waals surface area contributed by atoms with Crippen molar-refractivity contribution in [1.82, 2.24) is 9.66 Å². The molecule has 1 aromatic heterocycles. The molecular formula is C25H27BrIN3O5. The number of carbonyl (C=O) groups excluding carboxylic acids is 1. The fraction of sp³-hybridized carbons (Fsp3) is 0.360. The second-order valence-corrected chi connectivity index (χ2v) is 9.93. The highest BCUT2D eigenvalue weighted by Crippen LogP contribution is 2.34. The van der Waals surface area contributed by atoms with Gasteiger partial charge in [-0.25, -0.2) is 9.78 Å². The summed E-state index contributed by atoms with van der Waals surface area (Å²) in [5.74, 6) is 1.03. The lowest BCUT2D eigenvalue weighted by Crippen LogP contribution is -2.26. The molecule has 0 aliphatic heterocycles. The van der Waals surface area contributed by atoms with Crippen LogP contribution in [0.1, 0.15) is 51.4 Å². The molecule has 2 atom stereocenters. The van der Waals surface area contributed by atoms with E-state index >= 15 is 0 Å². The monoisotopic (exact) mass is 655 g/mol. The molecule has 0 amide bonds. The smallest absolute Gasteiger partial charge is 0.347 e. The van der Waals surface area contributed by atoms with Crippen LogP contribution in [-0.4, -0.2) is 41.7 Å². The number of hydrogen-bond acceptors (Lipinski definition) is 7. The summed E-state index contributed by atoms with van der Waals surface area (Å²) in [6.45, 7) is 7.69. The summed E-state index contributed by atoms with van der Waals surface area (Å²) in [6, 6.07) is 9.00. The van der Waals surface area contributed by atoms with E-state index in [1.165, 1.54) is 11.8 Å². The zero-order valence-corrected chi connectivity index (χ0v) is 23.9. The molecule has 0 bridgehead atoms. The van der Waals surface area contributed by atoms with Crippen LogP contribution < -0.4 is 15.0 Å². The van der Waals surface area contributed by atoms with E-state index in [4.69, 9.17) is 19.2 Å². The van der Waals surface area contributed by atoms with Gasteiger partial charge < -0.3 is 14.2 Å². The molecule has 3 aromatic rings. The van der Waals surface area contributed by atoms with Crippen LogP contribution in [0.5, 0.6) is 11.5 Å². The van der Waals surface area contributed by atoms with Crippen LogP contribution in [0.25, 0.3) is 10.9 Å². The largest absolute Gasteiger partial charge is 0.493 e. The summed E-state index contributed by atoms with van der Waals surface area (Å²) >= 11 is 5.53. The molecule has 0 radical (unpaired) electrons. The van der Waals surface area contributed by atoms with Gasteiger partial charge in [-0.2, -0.15) is 9.78 Å². The number of ether oxygens (including phenoxy) is 3. The third kappa shape index (κ3) is 6.21. The first-order valence-corrected chi connectivity index (χ1v) is 13.0. The highest BCUT2D eigenvalue weighted by molar-refractivity contribution is 14.1. The zero-order chi connectivity index (χ0) is 25.7.